The zero-order chi connectivity index (χ0) is 5.86. The first-order valence-electron chi connectivity index (χ1n) is 2.07. The second kappa shape index (κ2) is 5.55. The van der Waals surface area contributed by atoms with Crippen LogP contribution in [0.3, 0.4) is 0 Å². The minimum absolute atomic E-state index is 0. The van der Waals surface area contributed by atoms with Crippen molar-refractivity contribution in [3.8, 4) is 0 Å². The lowest BCUT2D eigenvalue weighted by Crippen LogP contribution is -2.30. The summed E-state index contributed by atoms with van der Waals surface area (Å²) in [7, 11) is 5.61. The summed E-state index contributed by atoms with van der Waals surface area (Å²) in [5, 5.41) is 3.59. The van der Waals surface area contributed by atoms with Gasteiger partial charge in [-0.3, -0.25) is 0 Å². The van der Waals surface area contributed by atoms with Gasteiger partial charge >= 0.3 is 0 Å². The van der Waals surface area contributed by atoms with Gasteiger partial charge < -0.3 is 10.2 Å². The Morgan fingerprint density at radius 2 is 1.88 bits per heavy atom. The fourth-order valence-electron chi connectivity index (χ4n) is 0.224. The molecule has 0 aliphatic carbocycles. The van der Waals surface area contributed by atoms with E-state index in [4.69, 9.17) is 12.2 Å². The van der Waals surface area contributed by atoms with Crippen molar-refractivity contribution in [1.82, 2.24) is 10.2 Å². The van der Waals surface area contributed by atoms with Crippen molar-refractivity contribution in [2.75, 3.05) is 21.1 Å². The first kappa shape index (κ1) is 11.2. The van der Waals surface area contributed by atoms with Gasteiger partial charge in [0, 0.05) is 21.1 Å². The fraction of sp³-hybridized carbons (Fsp3) is 0.750. The normalized spacial score (nSPS) is 6.88. The zero-order valence-corrected chi connectivity index (χ0v) is 8.41. The van der Waals surface area contributed by atoms with E-state index in [2.05, 4.69) is 5.32 Å². The van der Waals surface area contributed by atoms with Crippen LogP contribution in [0.15, 0.2) is 0 Å². The standard InChI is InChI=1S/C4H10N2S.HI/c1-5-4(7)6(2)3;/h1-3H3,(H,5,7);1H. The Balaban J connectivity index is 0. The van der Waals surface area contributed by atoms with E-state index in [1.807, 2.05) is 26.0 Å². The van der Waals surface area contributed by atoms with E-state index in [1.165, 1.54) is 0 Å². The van der Waals surface area contributed by atoms with E-state index in [0.29, 0.717) is 0 Å². The van der Waals surface area contributed by atoms with Crippen molar-refractivity contribution in [2.45, 2.75) is 0 Å². The Labute approximate surface area is 72.6 Å². The van der Waals surface area contributed by atoms with Gasteiger partial charge in [-0.1, -0.05) is 0 Å². The average molecular weight is 246 g/mol. The van der Waals surface area contributed by atoms with Gasteiger partial charge in [-0.15, -0.1) is 24.0 Å². The third-order valence-corrected chi connectivity index (χ3v) is 1.19. The highest BCUT2D eigenvalue weighted by molar-refractivity contribution is 14.0. The van der Waals surface area contributed by atoms with Crippen LogP contribution in [0.25, 0.3) is 0 Å². The van der Waals surface area contributed by atoms with Gasteiger partial charge in [-0.25, -0.2) is 0 Å². The topological polar surface area (TPSA) is 15.3 Å². The summed E-state index contributed by atoms with van der Waals surface area (Å²) in [6, 6.07) is 0. The van der Waals surface area contributed by atoms with E-state index in [0.717, 1.165) is 5.11 Å². The molecule has 0 heterocycles. The molecule has 0 radical (unpaired) electrons. The van der Waals surface area contributed by atoms with Crippen LogP contribution in [0.4, 0.5) is 0 Å². The third-order valence-electron chi connectivity index (χ3n) is 0.620. The molecule has 0 atom stereocenters. The molecule has 0 aromatic heterocycles. The zero-order valence-electron chi connectivity index (χ0n) is 5.26. The molecule has 0 saturated heterocycles. The second-order valence-electron chi connectivity index (χ2n) is 1.45. The van der Waals surface area contributed by atoms with Crippen LogP contribution < -0.4 is 5.32 Å². The smallest absolute Gasteiger partial charge is 0.168 e. The lowest BCUT2D eigenvalue weighted by Gasteiger charge is -2.11. The van der Waals surface area contributed by atoms with Crippen molar-refractivity contribution in [1.29, 1.82) is 0 Å². The summed E-state index contributed by atoms with van der Waals surface area (Å²) in [6.45, 7) is 0. The molecule has 0 aliphatic rings. The maximum atomic E-state index is 4.79. The number of nitrogens with one attached hydrogen (secondary N) is 1. The van der Waals surface area contributed by atoms with E-state index in [9.17, 15) is 0 Å². The highest BCUT2D eigenvalue weighted by Gasteiger charge is 1.88. The number of thiocarbonyl (C=S) groups is 1. The van der Waals surface area contributed by atoms with Gasteiger partial charge in [0.05, 0.1) is 0 Å². The first-order valence-corrected chi connectivity index (χ1v) is 2.48. The Morgan fingerprint density at radius 3 is 1.88 bits per heavy atom. The number of hydrogen-bond donors (Lipinski definition) is 1. The molecule has 0 bridgehead atoms. The molecule has 0 amide bonds. The van der Waals surface area contributed by atoms with Gasteiger partial charge in [0.25, 0.3) is 0 Å². The van der Waals surface area contributed by atoms with Crippen LogP contribution in [-0.4, -0.2) is 31.2 Å². The Bertz CT molecular complexity index is 74.4. The number of nitrogens with zero attached hydrogens (tertiary/aromatic N) is 1. The predicted molar refractivity (Wildman–Crippen MR) is 50.8 cm³/mol. The van der Waals surface area contributed by atoms with Gasteiger partial charge in [0.15, 0.2) is 5.11 Å². The van der Waals surface area contributed by atoms with Crippen molar-refractivity contribution in [2.24, 2.45) is 0 Å². The lowest BCUT2D eigenvalue weighted by atomic mass is 10.9. The molecule has 0 fully saturated rings. The average Bonchev–Trinajstić information content (AvgIpc) is 1.65. The molecule has 0 spiro atoms. The highest BCUT2D eigenvalue weighted by Crippen LogP contribution is 1.72. The number of halogens is 1. The lowest BCUT2D eigenvalue weighted by molar-refractivity contribution is 0.612. The fourth-order valence-corrected chi connectivity index (χ4v) is 0.224. The molecule has 0 saturated carbocycles. The second-order valence-corrected chi connectivity index (χ2v) is 1.84. The summed E-state index contributed by atoms with van der Waals surface area (Å²) in [5.41, 5.74) is 0. The molecular formula is C4H11IN2S. The summed E-state index contributed by atoms with van der Waals surface area (Å²) < 4.78 is 0. The molecule has 8 heavy (non-hydrogen) atoms. The summed E-state index contributed by atoms with van der Waals surface area (Å²) in [6.07, 6.45) is 0. The summed E-state index contributed by atoms with van der Waals surface area (Å²) >= 11 is 4.79. The molecule has 4 heteroatoms. The quantitative estimate of drug-likeness (QED) is 0.499. The Morgan fingerprint density at radius 1 is 1.50 bits per heavy atom. The highest BCUT2D eigenvalue weighted by atomic mass is 127. The van der Waals surface area contributed by atoms with Gasteiger partial charge in [0.1, 0.15) is 0 Å². The van der Waals surface area contributed by atoms with Gasteiger partial charge in [0.2, 0.25) is 0 Å². The molecule has 0 unspecified atom stereocenters. The van der Waals surface area contributed by atoms with Crippen molar-refractivity contribution in [3.63, 3.8) is 0 Å². The number of rotatable bonds is 0. The van der Waals surface area contributed by atoms with Crippen LogP contribution in [0.5, 0.6) is 0 Å². The Kier molecular flexibility index (Phi) is 7.81. The van der Waals surface area contributed by atoms with Crippen molar-refractivity contribution in [3.05, 3.63) is 0 Å². The maximum absolute atomic E-state index is 4.79. The molecular weight excluding hydrogens is 235 g/mol. The van der Waals surface area contributed by atoms with Crippen LogP contribution in [0, 0.1) is 0 Å². The van der Waals surface area contributed by atoms with E-state index in [-0.39, 0.29) is 24.0 Å². The van der Waals surface area contributed by atoms with Crippen LogP contribution in [-0.2, 0) is 0 Å². The third kappa shape index (κ3) is 4.58. The van der Waals surface area contributed by atoms with Crippen LogP contribution >= 0.6 is 36.2 Å². The largest absolute Gasteiger partial charge is 0.366 e. The van der Waals surface area contributed by atoms with Crippen molar-refractivity contribution >= 4 is 41.3 Å². The molecule has 0 rings (SSSR count). The van der Waals surface area contributed by atoms with Crippen molar-refractivity contribution < 1.29 is 0 Å². The molecule has 2 nitrogen and oxygen atoms in total. The molecule has 50 valence electrons. The van der Waals surface area contributed by atoms with Crippen LogP contribution in [0.2, 0.25) is 0 Å². The predicted octanol–water partition coefficient (Wildman–Crippen LogP) is 0.670. The van der Waals surface area contributed by atoms with Crippen LogP contribution in [0.1, 0.15) is 0 Å². The summed E-state index contributed by atoms with van der Waals surface area (Å²) in [4.78, 5) is 1.84. The maximum Gasteiger partial charge on any atom is 0.168 e. The minimum atomic E-state index is 0. The summed E-state index contributed by atoms with van der Waals surface area (Å²) in [5.74, 6) is 0. The Hall–Kier alpha value is 0.420. The molecule has 0 aromatic carbocycles. The molecule has 1 N–H and O–H groups in total. The number of hydrogen-bond acceptors (Lipinski definition) is 1. The van der Waals surface area contributed by atoms with Gasteiger partial charge in [-0.2, -0.15) is 0 Å². The molecule has 0 aromatic rings. The SMILES string of the molecule is CNC(=S)N(C)C.I. The van der Waals surface area contributed by atoms with E-state index in [1.54, 1.807) is 0 Å². The molecule has 0 aliphatic heterocycles. The van der Waals surface area contributed by atoms with E-state index < -0.39 is 0 Å². The van der Waals surface area contributed by atoms with Gasteiger partial charge in [-0.05, 0) is 12.2 Å². The monoisotopic (exact) mass is 246 g/mol. The first-order chi connectivity index (χ1) is 3.18. The van der Waals surface area contributed by atoms with E-state index >= 15 is 0 Å². The minimum Gasteiger partial charge on any atom is -0.366 e.